The Bertz CT molecular complexity index is 1080. The van der Waals surface area contributed by atoms with E-state index in [4.69, 9.17) is 10.00 Å². The molecular weight excluding hydrogens is 440 g/mol. The third-order valence-corrected chi connectivity index (χ3v) is 7.54. The SMILES string of the molecule is N#Cc1ccc(C(=O)N2CCN(c3ccc(OC4CCN(C5CCCC5)CC4)cc3)C(=O)C2)cc1. The second-order valence-electron chi connectivity index (χ2n) is 9.75. The average Bonchev–Trinajstić information content (AvgIpc) is 3.44. The lowest BCUT2D eigenvalue weighted by atomic mass is 10.0. The van der Waals surface area contributed by atoms with Crippen LogP contribution in [0.2, 0.25) is 0 Å². The number of hydrogen-bond donors (Lipinski definition) is 0. The number of ether oxygens (including phenoxy) is 1. The summed E-state index contributed by atoms with van der Waals surface area (Å²) in [6.07, 6.45) is 7.82. The Morgan fingerprint density at radius 3 is 2.20 bits per heavy atom. The maximum atomic E-state index is 12.8. The lowest BCUT2D eigenvalue weighted by Gasteiger charge is -2.36. The van der Waals surface area contributed by atoms with Crippen LogP contribution in [-0.2, 0) is 4.79 Å². The number of piperidine rings is 1. The molecule has 0 spiro atoms. The highest BCUT2D eigenvalue weighted by atomic mass is 16.5. The van der Waals surface area contributed by atoms with Crippen molar-refractivity contribution in [3.8, 4) is 11.8 Å². The van der Waals surface area contributed by atoms with Gasteiger partial charge in [0.15, 0.2) is 0 Å². The second kappa shape index (κ2) is 10.5. The zero-order valence-electron chi connectivity index (χ0n) is 20.1. The highest BCUT2D eigenvalue weighted by Gasteiger charge is 2.30. The molecule has 7 heteroatoms. The lowest BCUT2D eigenvalue weighted by molar-refractivity contribution is -0.120. The van der Waals surface area contributed by atoms with E-state index in [2.05, 4.69) is 4.90 Å². The van der Waals surface area contributed by atoms with Gasteiger partial charge < -0.3 is 19.4 Å². The third-order valence-electron chi connectivity index (χ3n) is 7.54. The Labute approximate surface area is 206 Å². The zero-order chi connectivity index (χ0) is 24.2. The fraction of sp³-hybridized carbons (Fsp3) is 0.464. The van der Waals surface area contributed by atoms with E-state index in [-0.39, 0.29) is 24.5 Å². The van der Waals surface area contributed by atoms with Crippen LogP contribution >= 0.6 is 0 Å². The number of nitriles is 1. The molecule has 7 nitrogen and oxygen atoms in total. The monoisotopic (exact) mass is 472 g/mol. The summed E-state index contributed by atoms with van der Waals surface area (Å²) in [6.45, 7) is 3.18. The summed E-state index contributed by atoms with van der Waals surface area (Å²) in [7, 11) is 0. The molecule has 2 aromatic carbocycles. The molecule has 1 aliphatic carbocycles. The number of amides is 2. The van der Waals surface area contributed by atoms with Gasteiger partial charge in [-0.2, -0.15) is 5.26 Å². The van der Waals surface area contributed by atoms with Crippen LogP contribution in [0.25, 0.3) is 0 Å². The molecular formula is C28H32N4O3. The number of piperazine rings is 1. The van der Waals surface area contributed by atoms with E-state index in [0.717, 1.165) is 43.4 Å². The van der Waals surface area contributed by atoms with Crippen molar-refractivity contribution in [2.45, 2.75) is 50.7 Å². The minimum atomic E-state index is -0.190. The normalized spacial score (nSPS) is 20.1. The first-order valence-corrected chi connectivity index (χ1v) is 12.7. The van der Waals surface area contributed by atoms with Gasteiger partial charge in [-0.25, -0.2) is 0 Å². The van der Waals surface area contributed by atoms with Crippen molar-refractivity contribution in [1.82, 2.24) is 9.80 Å². The molecule has 0 radical (unpaired) electrons. The number of hydrogen-bond acceptors (Lipinski definition) is 5. The molecule has 182 valence electrons. The van der Waals surface area contributed by atoms with Crippen molar-refractivity contribution >= 4 is 17.5 Å². The maximum absolute atomic E-state index is 12.8. The summed E-state index contributed by atoms with van der Waals surface area (Å²) in [5.74, 6) is 0.548. The van der Waals surface area contributed by atoms with E-state index in [1.54, 1.807) is 34.1 Å². The molecule has 0 N–H and O–H groups in total. The maximum Gasteiger partial charge on any atom is 0.254 e. The predicted molar refractivity (Wildman–Crippen MR) is 133 cm³/mol. The van der Waals surface area contributed by atoms with Crippen molar-refractivity contribution in [2.24, 2.45) is 0 Å². The molecule has 2 aromatic rings. The zero-order valence-corrected chi connectivity index (χ0v) is 20.1. The Balaban J connectivity index is 1.12. The molecule has 5 rings (SSSR count). The first-order valence-electron chi connectivity index (χ1n) is 12.7. The summed E-state index contributed by atoms with van der Waals surface area (Å²) in [4.78, 5) is 31.5. The van der Waals surface area contributed by atoms with Crippen molar-refractivity contribution < 1.29 is 14.3 Å². The fourth-order valence-electron chi connectivity index (χ4n) is 5.51. The number of likely N-dealkylation sites (tertiary alicyclic amines) is 1. The summed E-state index contributed by atoms with van der Waals surface area (Å²) >= 11 is 0. The molecule has 2 saturated heterocycles. The third kappa shape index (κ3) is 5.33. The van der Waals surface area contributed by atoms with Gasteiger partial charge in [-0.1, -0.05) is 12.8 Å². The van der Waals surface area contributed by atoms with Gasteiger partial charge in [-0.05, 0) is 74.2 Å². The van der Waals surface area contributed by atoms with Crippen LogP contribution in [0.4, 0.5) is 5.69 Å². The average molecular weight is 473 g/mol. The van der Waals surface area contributed by atoms with Crippen LogP contribution in [0.1, 0.15) is 54.4 Å². The predicted octanol–water partition coefficient (Wildman–Crippen LogP) is 3.83. The quantitative estimate of drug-likeness (QED) is 0.661. The van der Waals surface area contributed by atoms with Gasteiger partial charge in [0.05, 0.1) is 11.6 Å². The van der Waals surface area contributed by atoms with Gasteiger partial charge in [0.1, 0.15) is 18.4 Å². The number of carbonyl (C=O) groups is 2. The lowest BCUT2D eigenvalue weighted by Crippen LogP contribution is -2.52. The molecule has 3 aliphatic rings. The minimum absolute atomic E-state index is 0.0383. The molecule has 0 unspecified atom stereocenters. The first-order chi connectivity index (χ1) is 17.1. The second-order valence-corrected chi connectivity index (χ2v) is 9.75. The van der Waals surface area contributed by atoms with E-state index in [0.29, 0.717) is 24.2 Å². The van der Waals surface area contributed by atoms with E-state index >= 15 is 0 Å². The summed E-state index contributed by atoms with van der Waals surface area (Å²) in [5, 5.41) is 8.93. The van der Waals surface area contributed by atoms with Crippen molar-refractivity contribution in [3.05, 3.63) is 59.7 Å². The van der Waals surface area contributed by atoms with Crippen LogP contribution in [-0.4, -0.2) is 66.5 Å². The molecule has 2 aliphatic heterocycles. The number of anilines is 1. The Kier molecular flexibility index (Phi) is 7.01. The molecule has 1 saturated carbocycles. The highest BCUT2D eigenvalue weighted by molar-refractivity contribution is 6.01. The van der Waals surface area contributed by atoms with Crippen LogP contribution in [0, 0.1) is 11.3 Å². The molecule has 3 fully saturated rings. The highest BCUT2D eigenvalue weighted by Crippen LogP contribution is 2.28. The summed E-state index contributed by atoms with van der Waals surface area (Å²) < 4.78 is 6.25. The van der Waals surface area contributed by atoms with Crippen LogP contribution < -0.4 is 9.64 Å². The molecule has 0 aromatic heterocycles. The van der Waals surface area contributed by atoms with Crippen molar-refractivity contribution in [1.29, 1.82) is 5.26 Å². The van der Waals surface area contributed by atoms with Gasteiger partial charge in [0, 0.05) is 43.5 Å². The van der Waals surface area contributed by atoms with Gasteiger partial charge >= 0.3 is 0 Å². The smallest absolute Gasteiger partial charge is 0.254 e. The van der Waals surface area contributed by atoms with E-state index < -0.39 is 0 Å². The molecule has 2 amide bonds. The minimum Gasteiger partial charge on any atom is -0.490 e. The number of benzene rings is 2. The molecule has 35 heavy (non-hydrogen) atoms. The summed E-state index contributed by atoms with van der Waals surface area (Å²) in [6, 6.07) is 17.1. The van der Waals surface area contributed by atoms with E-state index in [9.17, 15) is 9.59 Å². The van der Waals surface area contributed by atoms with E-state index in [1.165, 1.54) is 25.7 Å². The fourth-order valence-corrected chi connectivity index (χ4v) is 5.51. The largest absolute Gasteiger partial charge is 0.490 e. The van der Waals surface area contributed by atoms with Crippen LogP contribution in [0.5, 0.6) is 5.75 Å². The molecule has 2 heterocycles. The Morgan fingerprint density at radius 1 is 0.886 bits per heavy atom. The Morgan fingerprint density at radius 2 is 1.57 bits per heavy atom. The standard InChI is InChI=1S/C28H32N4O3/c29-19-21-5-7-22(8-6-21)28(34)31-17-18-32(27(33)20-31)24-9-11-25(12-10-24)35-26-13-15-30(16-14-26)23-3-1-2-4-23/h5-12,23,26H,1-4,13-18,20H2. The van der Waals surface area contributed by atoms with Gasteiger partial charge in [-0.3, -0.25) is 9.59 Å². The number of nitrogens with zero attached hydrogens (tertiary/aromatic N) is 4. The number of rotatable bonds is 5. The van der Waals surface area contributed by atoms with Crippen molar-refractivity contribution in [3.63, 3.8) is 0 Å². The molecule has 0 bridgehead atoms. The topological polar surface area (TPSA) is 76.9 Å². The van der Waals surface area contributed by atoms with Crippen LogP contribution in [0.15, 0.2) is 48.5 Å². The van der Waals surface area contributed by atoms with Gasteiger partial charge in [0.2, 0.25) is 5.91 Å². The van der Waals surface area contributed by atoms with Crippen molar-refractivity contribution in [2.75, 3.05) is 37.6 Å². The van der Waals surface area contributed by atoms with Gasteiger partial charge in [-0.15, -0.1) is 0 Å². The molecule has 0 atom stereocenters. The Hall–Kier alpha value is -3.37. The number of carbonyl (C=O) groups excluding carboxylic acids is 2. The first kappa shape index (κ1) is 23.4. The summed E-state index contributed by atoms with van der Waals surface area (Å²) in [5.41, 5.74) is 1.81. The van der Waals surface area contributed by atoms with Gasteiger partial charge in [0.25, 0.3) is 5.91 Å². The van der Waals surface area contributed by atoms with Crippen LogP contribution in [0.3, 0.4) is 0 Å². The van der Waals surface area contributed by atoms with E-state index in [1.807, 2.05) is 30.3 Å².